The lowest BCUT2D eigenvalue weighted by Crippen LogP contribution is -2.19. The number of aldehydes is 1. The summed E-state index contributed by atoms with van der Waals surface area (Å²) in [7, 11) is 0. The summed E-state index contributed by atoms with van der Waals surface area (Å²) >= 11 is 0. The summed E-state index contributed by atoms with van der Waals surface area (Å²) in [5.41, 5.74) is 1.76. The first kappa shape index (κ1) is 11.4. The molecule has 3 heterocycles. The van der Waals surface area contributed by atoms with Crippen LogP contribution < -0.4 is 0 Å². The van der Waals surface area contributed by atoms with Crippen LogP contribution in [0, 0.1) is 0 Å². The number of rotatable bonds is 3. The second kappa shape index (κ2) is 4.53. The van der Waals surface area contributed by atoms with Gasteiger partial charge in [-0.05, 0) is 31.6 Å². The fourth-order valence-electron chi connectivity index (χ4n) is 2.73. The molecule has 0 aliphatic carbocycles. The van der Waals surface area contributed by atoms with Crippen LogP contribution in [0.4, 0.5) is 0 Å². The SMILES string of the molecule is CCN1CCC(c2ncc3ccc(C=O)cn23)C1. The third kappa shape index (κ3) is 1.82. The Morgan fingerprint density at radius 1 is 1.50 bits per heavy atom. The third-order valence-corrected chi connectivity index (χ3v) is 3.80. The highest BCUT2D eigenvalue weighted by Crippen LogP contribution is 2.26. The fraction of sp³-hybridized carbons (Fsp3) is 0.429. The Morgan fingerprint density at radius 2 is 2.39 bits per heavy atom. The zero-order valence-corrected chi connectivity index (χ0v) is 10.5. The quantitative estimate of drug-likeness (QED) is 0.773. The molecular formula is C14H17N3O. The maximum absolute atomic E-state index is 10.9. The van der Waals surface area contributed by atoms with E-state index >= 15 is 0 Å². The van der Waals surface area contributed by atoms with Gasteiger partial charge in [0.15, 0.2) is 6.29 Å². The van der Waals surface area contributed by atoms with Gasteiger partial charge in [0.2, 0.25) is 0 Å². The molecule has 0 N–H and O–H groups in total. The van der Waals surface area contributed by atoms with Crippen LogP contribution in [0.15, 0.2) is 24.5 Å². The van der Waals surface area contributed by atoms with Crippen molar-refractivity contribution in [2.75, 3.05) is 19.6 Å². The van der Waals surface area contributed by atoms with Crippen molar-refractivity contribution in [3.8, 4) is 0 Å². The van der Waals surface area contributed by atoms with E-state index in [1.165, 1.54) is 0 Å². The van der Waals surface area contributed by atoms with E-state index in [9.17, 15) is 4.79 Å². The lowest BCUT2D eigenvalue weighted by Gasteiger charge is -2.12. The summed E-state index contributed by atoms with van der Waals surface area (Å²) in [6, 6.07) is 3.79. The van der Waals surface area contributed by atoms with Crippen LogP contribution in [0.2, 0.25) is 0 Å². The average Bonchev–Trinajstić information content (AvgIpc) is 3.03. The molecule has 3 rings (SSSR count). The van der Waals surface area contributed by atoms with Gasteiger partial charge in [-0.15, -0.1) is 0 Å². The van der Waals surface area contributed by atoms with Crippen LogP contribution in [0.5, 0.6) is 0 Å². The van der Waals surface area contributed by atoms with Crippen molar-refractivity contribution in [1.82, 2.24) is 14.3 Å². The zero-order valence-electron chi connectivity index (χ0n) is 10.5. The molecule has 0 radical (unpaired) electrons. The van der Waals surface area contributed by atoms with E-state index < -0.39 is 0 Å². The predicted molar refractivity (Wildman–Crippen MR) is 70.1 cm³/mol. The van der Waals surface area contributed by atoms with Crippen molar-refractivity contribution in [3.63, 3.8) is 0 Å². The Hall–Kier alpha value is -1.68. The summed E-state index contributed by atoms with van der Waals surface area (Å²) in [5, 5.41) is 0. The van der Waals surface area contributed by atoms with Gasteiger partial charge in [0.25, 0.3) is 0 Å². The molecule has 2 aromatic heterocycles. The van der Waals surface area contributed by atoms with Gasteiger partial charge in [0.05, 0.1) is 11.7 Å². The van der Waals surface area contributed by atoms with E-state index in [1.54, 1.807) is 0 Å². The van der Waals surface area contributed by atoms with Crippen LogP contribution in [-0.2, 0) is 0 Å². The second-order valence-corrected chi connectivity index (χ2v) is 4.87. The van der Waals surface area contributed by atoms with Gasteiger partial charge < -0.3 is 9.30 Å². The van der Waals surface area contributed by atoms with E-state index in [0.29, 0.717) is 11.5 Å². The van der Waals surface area contributed by atoms with Crippen LogP contribution in [0.25, 0.3) is 5.52 Å². The van der Waals surface area contributed by atoms with E-state index in [4.69, 9.17) is 0 Å². The number of carbonyl (C=O) groups is 1. The number of pyridine rings is 1. The summed E-state index contributed by atoms with van der Waals surface area (Å²) in [5.74, 6) is 1.57. The topological polar surface area (TPSA) is 37.6 Å². The van der Waals surface area contributed by atoms with Gasteiger partial charge in [0.1, 0.15) is 5.82 Å². The van der Waals surface area contributed by atoms with Crippen molar-refractivity contribution < 1.29 is 4.79 Å². The first-order valence-corrected chi connectivity index (χ1v) is 6.46. The minimum Gasteiger partial charge on any atom is -0.303 e. The second-order valence-electron chi connectivity index (χ2n) is 4.87. The van der Waals surface area contributed by atoms with Crippen molar-refractivity contribution >= 4 is 11.8 Å². The molecule has 4 heteroatoms. The average molecular weight is 243 g/mol. The zero-order chi connectivity index (χ0) is 12.5. The number of likely N-dealkylation sites (tertiary alicyclic amines) is 1. The van der Waals surface area contributed by atoms with Crippen LogP contribution in [0.1, 0.15) is 35.4 Å². The fourth-order valence-corrected chi connectivity index (χ4v) is 2.73. The lowest BCUT2D eigenvalue weighted by atomic mass is 10.1. The van der Waals surface area contributed by atoms with Gasteiger partial charge in [0, 0.05) is 24.2 Å². The van der Waals surface area contributed by atoms with Crippen molar-refractivity contribution in [3.05, 3.63) is 35.9 Å². The third-order valence-electron chi connectivity index (χ3n) is 3.80. The number of nitrogens with zero attached hydrogens (tertiary/aromatic N) is 3. The molecule has 2 aromatic rings. The van der Waals surface area contributed by atoms with Gasteiger partial charge in [-0.2, -0.15) is 0 Å². The van der Waals surface area contributed by atoms with E-state index in [-0.39, 0.29) is 0 Å². The molecule has 0 amide bonds. The Labute approximate surface area is 106 Å². The number of likely N-dealkylation sites (N-methyl/N-ethyl adjacent to an activating group) is 1. The summed E-state index contributed by atoms with van der Waals surface area (Å²) < 4.78 is 2.06. The van der Waals surface area contributed by atoms with E-state index in [0.717, 1.165) is 43.7 Å². The molecule has 1 aliphatic rings. The predicted octanol–water partition coefficient (Wildman–Crippen LogP) is 1.96. The molecule has 0 bridgehead atoms. The molecule has 0 aromatic carbocycles. The molecule has 1 saturated heterocycles. The molecule has 1 aliphatic heterocycles. The lowest BCUT2D eigenvalue weighted by molar-refractivity contribution is 0.112. The Morgan fingerprint density at radius 3 is 3.11 bits per heavy atom. The van der Waals surface area contributed by atoms with E-state index in [1.807, 2.05) is 24.5 Å². The minimum absolute atomic E-state index is 0.481. The van der Waals surface area contributed by atoms with Gasteiger partial charge >= 0.3 is 0 Å². The number of hydrogen-bond donors (Lipinski definition) is 0. The highest BCUT2D eigenvalue weighted by Gasteiger charge is 2.25. The number of aromatic nitrogens is 2. The Kier molecular flexibility index (Phi) is 2.88. The van der Waals surface area contributed by atoms with Crippen LogP contribution in [0.3, 0.4) is 0 Å². The Balaban J connectivity index is 1.99. The molecule has 1 atom stereocenters. The first-order valence-electron chi connectivity index (χ1n) is 6.46. The number of hydrogen-bond acceptors (Lipinski definition) is 3. The number of imidazole rings is 1. The van der Waals surface area contributed by atoms with E-state index in [2.05, 4.69) is 21.2 Å². The Bertz CT molecular complexity index is 575. The standard InChI is InChI=1S/C14H17N3O/c1-2-16-6-5-12(9-16)14-15-7-13-4-3-11(10-18)8-17(13)14/h3-4,7-8,10,12H,2,5-6,9H2,1H3. The summed E-state index contributed by atoms with van der Waals surface area (Å²) in [6.07, 6.45) is 5.81. The molecule has 1 unspecified atom stereocenters. The van der Waals surface area contributed by atoms with Gasteiger partial charge in [-0.1, -0.05) is 6.92 Å². The van der Waals surface area contributed by atoms with Crippen LogP contribution in [-0.4, -0.2) is 40.2 Å². The summed E-state index contributed by atoms with van der Waals surface area (Å²) in [4.78, 5) is 17.8. The van der Waals surface area contributed by atoms with Crippen molar-refractivity contribution in [1.29, 1.82) is 0 Å². The monoisotopic (exact) mass is 243 g/mol. The normalized spacial score (nSPS) is 20.6. The molecule has 1 fully saturated rings. The minimum atomic E-state index is 0.481. The molecule has 0 spiro atoms. The molecule has 4 nitrogen and oxygen atoms in total. The molecule has 0 saturated carbocycles. The van der Waals surface area contributed by atoms with Crippen molar-refractivity contribution in [2.24, 2.45) is 0 Å². The smallest absolute Gasteiger partial charge is 0.151 e. The summed E-state index contributed by atoms with van der Waals surface area (Å²) in [6.45, 7) is 5.50. The molecule has 94 valence electrons. The highest BCUT2D eigenvalue weighted by molar-refractivity contribution is 5.75. The van der Waals surface area contributed by atoms with Gasteiger partial charge in [-0.25, -0.2) is 4.98 Å². The molecule has 18 heavy (non-hydrogen) atoms. The van der Waals surface area contributed by atoms with Crippen molar-refractivity contribution in [2.45, 2.75) is 19.3 Å². The molecular weight excluding hydrogens is 226 g/mol. The maximum Gasteiger partial charge on any atom is 0.151 e. The maximum atomic E-state index is 10.9. The highest BCUT2D eigenvalue weighted by atomic mass is 16.1. The first-order chi connectivity index (χ1) is 8.81. The largest absolute Gasteiger partial charge is 0.303 e. The number of fused-ring (bicyclic) bond motifs is 1. The van der Waals surface area contributed by atoms with Crippen LogP contribution >= 0.6 is 0 Å². The number of carbonyl (C=O) groups excluding carboxylic acids is 1. The van der Waals surface area contributed by atoms with Gasteiger partial charge in [-0.3, -0.25) is 4.79 Å².